The fourth-order valence-electron chi connectivity index (χ4n) is 3.44. The molecule has 2 aromatic rings. The predicted molar refractivity (Wildman–Crippen MR) is 99.2 cm³/mol. The van der Waals surface area contributed by atoms with E-state index >= 15 is 0 Å². The van der Waals surface area contributed by atoms with Crippen LogP contribution in [0.4, 0.5) is 10.1 Å². The average molecular weight is 354 g/mol. The van der Waals surface area contributed by atoms with E-state index < -0.39 is 5.41 Å². The summed E-state index contributed by atoms with van der Waals surface area (Å²) < 4.78 is 13.2. The molecule has 1 fully saturated rings. The zero-order chi connectivity index (χ0) is 18.7. The van der Waals surface area contributed by atoms with Crippen LogP contribution in [0.3, 0.4) is 0 Å². The fraction of sp³-hybridized carbons (Fsp3) is 0.333. The average Bonchev–Trinajstić information content (AvgIpc) is 2.94. The Morgan fingerprint density at radius 1 is 1.15 bits per heavy atom. The summed E-state index contributed by atoms with van der Waals surface area (Å²) >= 11 is 0. The molecule has 4 nitrogen and oxygen atoms in total. The smallest absolute Gasteiger partial charge is 0.243 e. The number of benzene rings is 2. The Balaban J connectivity index is 1.94. The maximum atomic E-state index is 13.3. The van der Waals surface area contributed by atoms with E-state index in [4.69, 9.17) is 0 Å². The van der Waals surface area contributed by atoms with E-state index in [1.807, 2.05) is 44.2 Å². The molecule has 0 aromatic heterocycles. The van der Waals surface area contributed by atoms with Gasteiger partial charge in [0.2, 0.25) is 11.8 Å². The monoisotopic (exact) mass is 354 g/mol. The van der Waals surface area contributed by atoms with Gasteiger partial charge in [0, 0.05) is 18.3 Å². The van der Waals surface area contributed by atoms with E-state index in [0.29, 0.717) is 25.1 Å². The highest BCUT2D eigenvalue weighted by molar-refractivity contribution is 6.13. The first kappa shape index (κ1) is 18.1. The van der Waals surface area contributed by atoms with E-state index in [9.17, 15) is 14.0 Å². The molecule has 1 aliphatic heterocycles. The Bertz CT molecular complexity index is 789. The van der Waals surface area contributed by atoms with Gasteiger partial charge in [0.25, 0.3) is 0 Å². The molecule has 2 aromatic carbocycles. The first-order valence-corrected chi connectivity index (χ1v) is 8.85. The molecule has 136 valence electrons. The lowest BCUT2D eigenvalue weighted by atomic mass is 9.79. The minimum absolute atomic E-state index is 0.0529. The number of hydrogen-bond acceptors (Lipinski definition) is 2. The second kappa shape index (κ2) is 7.28. The number of halogens is 1. The van der Waals surface area contributed by atoms with Crippen LogP contribution in [0, 0.1) is 11.2 Å². The highest BCUT2D eigenvalue weighted by Gasteiger charge is 2.52. The molecule has 1 N–H and O–H groups in total. The van der Waals surface area contributed by atoms with E-state index in [0.717, 1.165) is 5.56 Å². The molecular formula is C21H23FN2O2. The van der Waals surface area contributed by atoms with Crippen molar-refractivity contribution in [3.63, 3.8) is 0 Å². The lowest BCUT2D eigenvalue weighted by Gasteiger charge is -2.28. The van der Waals surface area contributed by atoms with Crippen molar-refractivity contribution >= 4 is 17.5 Å². The van der Waals surface area contributed by atoms with Gasteiger partial charge in [0.05, 0.1) is 0 Å². The molecule has 26 heavy (non-hydrogen) atoms. The van der Waals surface area contributed by atoms with Crippen molar-refractivity contribution in [2.24, 2.45) is 5.41 Å². The lowest BCUT2D eigenvalue weighted by molar-refractivity contribution is -0.140. The minimum atomic E-state index is -1.14. The quantitative estimate of drug-likeness (QED) is 0.838. The standard InChI is InChI=1S/C21H23FN2O2/c1-15(2)23-19(25)21(14-16-6-4-3-5-7-16)12-13-24(20(21)26)18-10-8-17(22)9-11-18/h3-11,15H,12-14H2,1-2H3,(H,23,25)/t21-/m0/s1. The highest BCUT2D eigenvalue weighted by atomic mass is 19.1. The summed E-state index contributed by atoms with van der Waals surface area (Å²) in [7, 11) is 0. The van der Waals surface area contributed by atoms with Crippen molar-refractivity contribution in [1.82, 2.24) is 5.32 Å². The normalized spacial score (nSPS) is 19.8. The third kappa shape index (κ3) is 3.47. The van der Waals surface area contributed by atoms with Crippen LogP contribution in [0.25, 0.3) is 0 Å². The van der Waals surface area contributed by atoms with Gasteiger partial charge in [-0.3, -0.25) is 9.59 Å². The van der Waals surface area contributed by atoms with Gasteiger partial charge in [-0.2, -0.15) is 0 Å². The van der Waals surface area contributed by atoms with Crippen molar-refractivity contribution in [3.05, 3.63) is 66.0 Å². The number of carbonyl (C=O) groups excluding carboxylic acids is 2. The Hall–Kier alpha value is -2.69. The summed E-state index contributed by atoms with van der Waals surface area (Å²) in [6.07, 6.45) is 0.777. The number of nitrogens with one attached hydrogen (secondary N) is 1. The number of amides is 2. The number of carbonyl (C=O) groups is 2. The Morgan fingerprint density at radius 2 is 1.81 bits per heavy atom. The van der Waals surface area contributed by atoms with Gasteiger partial charge in [-0.05, 0) is 56.5 Å². The van der Waals surface area contributed by atoms with Crippen molar-refractivity contribution in [2.75, 3.05) is 11.4 Å². The number of hydrogen-bond donors (Lipinski definition) is 1. The lowest BCUT2D eigenvalue weighted by Crippen LogP contribution is -2.50. The molecule has 0 spiro atoms. The van der Waals surface area contributed by atoms with Crippen molar-refractivity contribution < 1.29 is 14.0 Å². The van der Waals surface area contributed by atoms with Gasteiger partial charge in [0.15, 0.2) is 0 Å². The topological polar surface area (TPSA) is 49.4 Å². The summed E-state index contributed by atoms with van der Waals surface area (Å²) in [5.74, 6) is -0.828. The van der Waals surface area contributed by atoms with Crippen LogP contribution >= 0.6 is 0 Å². The Morgan fingerprint density at radius 3 is 2.42 bits per heavy atom. The second-order valence-electron chi connectivity index (χ2n) is 7.06. The summed E-state index contributed by atoms with van der Waals surface area (Å²) in [4.78, 5) is 27.9. The van der Waals surface area contributed by atoms with Gasteiger partial charge in [0.1, 0.15) is 11.2 Å². The van der Waals surface area contributed by atoms with Crippen LogP contribution in [0.1, 0.15) is 25.8 Å². The number of rotatable bonds is 5. The Kier molecular flexibility index (Phi) is 5.07. The zero-order valence-electron chi connectivity index (χ0n) is 15.0. The third-order valence-electron chi connectivity index (χ3n) is 4.76. The molecule has 1 heterocycles. The van der Waals surface area contributed by atoms with Gasteiger partial charge in [-0.1, -0.05) is 30.3 Å². The zero-order valence-corrected chi connectivity index (χ0v) is 15.0. The first-order chi connectivity index (χ1) is 12.4. The molecule has 2 amide bonds. The molecule has 1 aliphatic rings. The van der Waals surface area contributed by atoms with Gasteiger partial charge in [-0.25, -0.2) is 4.39 Å². The van der Waals surface area contributed by atoms with Crippen molar-refractivity contribution in [2.45, 2.75) is 32.7 Å². The molecule has 0 unspecified atom stereocenters. The second-order valence-corrected chi connectivity index (χ2v) is 7.06. The van der Waals surface area contributed by atoms with Crippen LogP contribution < -0.4 is 10.2 Å². The third-order valence-corrected chi connectivity index (χ3v) is 4.76. The fourth-order valence-corrected chi connectivity index (χ4v) is 3.44. The predicted octanol–water partition coefficient (Wildman–Crippen LogP) is 3.32. The van der Waals surface area contributed by atoms with E-state index in [1.54, 1.807) is 17.0 Å². The Labute approximate surface area is 153 Å². The molecule has 1 saturated heterocycles. The summed E-state index contributed by atoms with van der Waals surface area (Å²) in [5.41, 5.74) is 0.421. The minimum Gasteiger partial charge on any atom is -0.353 e. The molecule has 5 heteroatoms. The van der Waals surface area contributed by atoms with Crippen molar-refractivity contribution in [3.8, 4) is 0 Å². The van der Waals surface area contributed by atoms with Crippen LogP contribution in [0.2, 0.25) is 0 Å². The van der Waals surface area contributed by atoms with Gasteiger partial charge >= 0.3 is 0 Å². The molecule has 0 aliphatic carbocycles. The van der Waals surface area contributed by atoms with E-state index in [1.165, 1.54) is 12.1 Å². The maximum Gasteiger partial charge on any atom is 0.243 e. The van der Waals surface area contributed by atoms with Crippen molar-refractivity contribution in [1.29, 1.82) is 0 Å². The maximum absolute atomic E-state index is 13.3. The molecule has 0 saturated carbocycles. The van der Waals surface area contributed by atoms with Crippen LogP contribution in [0.5, 0.6) is 0 Å². The van der Waals surface area contributed by atoms with E-state index in [-0.39, 0.29) is 23.7 Å². The van der Waals surface area contributed by atoms with Gasteiger partial charge < -0.3 is 10.2 Å². The summed E-state index contributed by atoms with van der Waals surface area (Å²) in [6, 6.07) is 15.3. The largest absolute Gasteiger partial charge is 0.353 e. The van der Waals surface area contributed by atoms with E-state index in [2.05, 4.69) is 5.32 Å². The molecular weight excluding hydrogens is 331 g/mol. The SMILES string of the molecule is CC(C)NC(=O)[C@@]1(Cc2ccccc2)CCN(c2ccc(F)cc2)C1=O. The molecule has 0 radical (unpaired) electrons. The molecule has 3 rings (SSSR count). The van der Waals surface area contributed by atoms with Crippen LogP contribution in [-0.2, 0) is 16.0 Å². The number of anilines is 1. The number of nitrogens with zero attached hydrogens (tertiary/aromatic N) is 1. The highest BCUT2D eigenvalue weighted by Crippen LogP contribution is 2.38. The first-order valence-electron chi connectivity index (χ1n) is 8.85. The molecule has 1 atom stereocenters. The van der Waals surface area contributed by atoms with Gasteiger partial charge in [-0.15, -0.1) is 0 Å². The summed E-state index contributed by atoms with van der Waals surface area (Å²) in [6.45, 7) is 4.19. The molecule has 0 bridgehead atoms. The summed E-state index contributed by atoms with van der Waals surface area (Å²) in [5, 5.41) is 2.91. The van der Waals surface area contributed by atoms with Crippen LogP contribution in [0.15, 0.2) is 54.6 Å². The van der Waals surface area contributed by atoms with Crippen LogP contribution in [-0.4, -0.2) is 24.4 Å².